The molecule has 2 unspecified atom stereocenters. The highest BCUT2D eigenvalue weighted by Crippen LogP contribution is 2.76. The van der Waals surface area contributed by atoms with E-state index < -0.39 is 22.0 Å². The number of rotatable bonds is 2. The van der Waals surface area contributed by atoms with Crippen LogP contribution in [-0.4, -0.2) is 39.9 Å². The lowest BCUT2D eigenvalue weighted by molar-refractivity contribution is -0.160. The van der Waals surface area contributed by atoms with Crippen LogP contribution >= 0.6 is 11.6 Å². The van der Waals surface area contributed by atoms with Gasteiger partial charge in [-0.15, -0.1) is 11.6 Å². The molecule has 27 heavy (non-hydrogen) atoms. The Hall–Kier alpha value is -0.970. The molecule has 4 nitrogen and oxygen atoms in total. The van der Waals surface area contributed by atoms with Gasteiger partial charge < -0.3 is 9.84 Å². The van der Waals surface area contributed by atoms with Gasteiger partial charge in [-0.2, -0.15) is 0 Å². The van der Waals surface area contributed by atoms with E-state index in [-0.39, 0.29) is 47.4 Å². The van der Waals surface area contributed by atoms with E-state index in [2.05, 4.69) is 6.92 Å². The minimum atomic E-state index is -1.42. The van der Waals surface area contributed by atoms with Gasteiger partial charge in [0.05, 0.1) is 13.4 Å². The molecule has 1 spiro atoms. The zero-order chi connectivity index (χ0) is 20.3. The summed E-state index contributed by atoms with van der Waals surface area (Å²) in [4.78, 5) is 24.8. The number of carbonyl (C=O) groups excluding carboxylic acids is 2. The standard InChI is InChI=1S/C22H27ClO4/c1-12-8-16-15-5-4-13-9-14(24)6-7-19(13,2)22(15)18(27-22)10-20(16,3)21(12,26)17(25)11-23/h6-7,9,12,15-16,18,26H,4-5,8,10-11H2,1-3H3/t12-,15+,16+,18?,19+,20+,21+,22?/m1/s1/i6T. The fourth-order valence-corrected chi connectivity index (χ4v) is 7.80. The molecular formula is C22H27ClO4. The molecular weight excluding hydrogens is 364 g/mol. The van der Waals surface area contributed by atoms with E-state index in [9.17, 15) is 14.7 Å². The smallest absolute Gasteiger partial charge is 0.179 e. The van der Waals surface area contributed by atoms with Crippen LogP contribution in [0.2, 0.25) is 0 Å². The van der Waals surface area contributed by atoms with Gasteiger partial charge in [0.2, 0.25) is 0 Å². The molecule has 1 aliphatic heterocycles. The third kappa shape index (κ3) is 1.79. The van der Waals surface area contributed by atoms with Crippen molar-refractivity contribution in [2.75, 3.05) is 5.88 Å². The van der Waals surface area contributed by atoms with Crippen molar-refractivity contribution in [2.45, 2.75) is 63.8 Å². The molecule has 1 N–H and O–H groups in total. The highest BCUT2D eigenvalue weighted by atomic mass is 35.5. The highest BCUT2D eigenvalue weighted by Gasteiger charge is 2.81. The normalized spacial score (nSPS) is 56.0. The number of halogens is 1. The summed E-state index contributed by atoms with van der Waals surface area (Å²) in [7, 11) is 0. The second-order valence-electron chi connectivity index (χ2n) is 9.76. The van der Waals surface area contributed by atoms with Crippen molar-refractivity contribution < 1.29 is 20.8 Å². The van der Waals surface area contributed by atoms with Crippen molar-refractivity contribution in [2.24, 2.45) is 28.6 Å². The highest BCUT2D eigenvalue weighted by molar-refractivity contribution is 6.29. The number of aliphatic hydroxyl groups is 1. The number of ether oxygens (including phenoxy) is 1. The van der Waals surface area contributed by atoms with E-state index in [1.165, 1.54) is 0 Å². The second-order valence-corrected chi connectivity index (χ2v) is 10.0. The first kappa shape index (κ1) is 16.9. The van der Waals surface area contributed by atoms with E-state index in [4.69, 9.17) is 17.7 Å². The average Bonchev–Trinajstić information content (AvgIpc) is 3.32. The Labute approximate surface area is 166 Å². The average molecular weight is 393 g/mol. The Morgan fingerprint density at radius 2 is 2.19 bits per heavy atom. The molecule has 0 radical (unpaired) electrons. The van der Waals surface area contributed by atoms with Crippen molar-refractivity contribution >= 4 is 23.2 Å². The van der Waals surface area contributed by atoms with Gasteiger partial charge in [0.15, 0.2) is 11.6 Å². The molecule has 8 atom stereocenters. The predicted octanol–water partition coefficient (Wildman–Crippen LogP) is 3.21. The maximum absolute atomic E-state index is 12.8. The lowest BCUT2D eigenvalue weighted by atomic mass is 9.47. The van der Waals surface area contributed by atoms with Crippen molar-refractivity contribution in [3.05, 3.63) is 23.8 Å². The van der Waals surface area contributed by atoms with Crippen LogP contribution in [0.4, 0.5) is 0 Å². The molecule has 0 aromatic rings. The predicted molar refractivity (Wildman–Crippen MR) is 101 cm³/mol. The number of ketones is 2. The van der Waals surface area contributed by atoms with E-state index in [0.29, 0.717) is 6.42 Å². The van der Waals surface area contributed by atoms with Gasteiger partial charge in [0.1, 0.15) is 11.2 Å². The quantitative estimate of drug-likeness (QED) is 0.578. The van der Waals surface area contributed by atoms with E-state index in [1.54, 1.807) is 12.2 Å². The molecule has 0 aromatic heterocycles. The van der Waals surface area contributed by atoms with E-state index in [0.717, 1.165) is 24.8 Å². The van der Waals surface area contributed by atoms with Gasteiger partial charge in [-0.05, 0) is 62.5 Å². The maximum Gasteiger partial charge on any atom is 0.179 e. The number of hydrogen-bond acceptors (Lipinski definition) is 4. The number of Topliss-reactive ketones (excluding diaryl/α,β-unsaturated/α-hetero) is 1. The Morgan fingerprint density at radius 3 is 2.89 bits per heavy atom. The number of fused-ring (bicyclic) bond motifs is 3. The van der Waals surface area contributed by atoms with Gasteiger partial charge in [-0.25, -0.2) is 0 Å². The van der Waals surface area contributed by atoms with Crippen LogP contribution in [-0.2, 0) is 14.3 Å². The Balaban J connectivity index is 1.61. The minimum absolute atomic E-state index is 0.0393. The summed E-state index contributed by atoms with van der Waals surface area (Å²) in [5.41, 5.74) is -1.82. The molecule has 0 amide bonds. The second kappa shape index (κ2) is 5.14. The number of hydrogen-bond donors (Lipinski definition) is 1. The topological polar surface area (TPSA) is 66.9 Å². The van der Waals surface area contributed by atoms with Crippen LogP contribution < -0.4 is 0 Å². The summed E-state index contributed by atoms with van der Waals surface area (Å²) in [6, 6.07) is 0.0393. The first-order valence-corrected chi connectivity index (χ1v) is 10.5. The maximum atomic E-state index is 12.8. The fraction of sp³-hybridized carbons (Fsp3) is 0.727. The van der Waals surface area contributed by atoms with Crippen LogP contribution in [0.1, 0.15) is 47.8 Å². The van der Waals surface area contributed by atoms with Crippen LogP contribution in [0.5, 0.6) is 0 Å². The van der Waals surface area contributed by atoms with Crippen LogP contribution in [0.3, 0.4) is 0 Å². The third-order valence-corrected chi connectivity index (χ3v) is 9.22. The zero-order valence-corrected chi connectivity index (χ0v) is 16.8. The third-order valence-electron chi connectivity index (χ3n) is 8.97. The fourth-order valence-electron chi connectivity index (χ4n) is 7.59. The SMILES string of the molecule is [3H]C1=C[C@@]2(C)C(=CC1=O)CC[C@H]1[C@@H]3C[C@@H](C)[C@](O)(C(=O)CCl)[C@@]3(C)CC3OC312. The molecule has 0 aromatic carbocycles. The number of allylic oxidation sites excluding steroid dienone is 2. The zero-order valence-electron chi connectivity index (χ0n) is 17.0. The van der Waals surface area contributed by atoms with Crippen molar-refractivity contribution in [1.82, 2.24) is 0 Å². The molecule has 1 heterocycles. The van der Waals surface area contributed by atoms with Gasteiger partial charge in [-0.1, -0.05) is 25.5 Å². The molecule has 5 rings (SSSR count). The Bertz CT molecular complexity index is 867. The molecule has 4 fully saturated rings. The molecule has 146 valence electrons. The lowest BCUT2D eigenvalue weighted by Crippen LogP contribution is -2.62. The summed E-state index contributed by atoms with van der Waals surface area (Å²) in [5, 5.41) is 11.6. The monoisotopic (exact) mass is 392 g/mol. The van der Waals surface area contributed by atoms with Crippen LogP contribution in [0, 0.1) is 28.6 Å². The number of carbonyl (C=O) groups is 2. The molecule has 5 aliphatic rings. The van der Waals surface area contributed by atoms with Crippen LogP contribution in [0.15, 0.2) is 23.8 Å². The molecule has 4 aliphatic carbocycles. The number of epoxide rings is 1. The van der Waals surface area contributed by atoms with E-state index in [1.807, 2.05) is 13.8 Å². The van der Waals surface area contributed by atoms with Crippen molar-refractivity contribution in [3.63, 3.8) is 0 Å². The largest absolute Gasteiger partial charge is 0.381 e. The summed E-state index contributed by atoms with van der Waals surface area (Å²) < 4.78 is 14.5. The molecule has 3 saturated carbocycles. The summed E-state index contributed by atoms with van der Waals surface area (Å²) in [5.74, 6) is -0.492. The van der Waals surface area contributed by atoms with Gasteiger partial charge in [-0.3, -0.25) is 9.59 Å². The van der Waals surface area contributed by atoms with Gasteiger partial charge in [0, 0.05) is 10.8 Å². The summed E-state index contributed by atoms with van der Waals surface area (Å²) >= 11 is 5.90. The molecule has 1 saturated heterocycles. The summed E-state index contributed by atoms with van der Waals surface area (Å²) in [6.07, 6.45) is 6.41. The first-order chi connectivity index (χ1) is 13.1. The van der Waals surface area contributed by atoms with Crippen molar-refractivity contribution in [3.8, 4) is 0 Å². The first-order valence-electron chi connectivity index (χ1n) is 10.5. The summed E-state index contributed by atoms with van der Waals surface area (Å²) in [6.45, 7) is 6.11. The Kier molecular flexibility index (Phi) is 3.22. The van der Waals surface area contributed by atoms with Gasteiger partial charge in [0.25, 0.3) is 0 Å². The number of alkyl halides is 1. The van der Waals surface area contributed by atoms with E-state index >= 15 is 0 Å². The lowest BCUT2D eigenvalue weighted by Gasteiger charge is -2.55. The Morgan fingerprint density at radius 1 is 1.44 bits per heavy atom. The van der Waals surface area contributed by atoms with Gasteiger partial charge >= 0.3 is 0 Å². The molecule has 0 bridgehead atoms. The molecule has 5 heteroatoms. The van der Waals surface area contributed by atoms with Crippen LogP contribution in [0.25, 0.3) is 0 Å². The minimum Gasteiger partial charge on any atom is -0.381 e. The van der Waals surface area contributed by atoms with Crippen molar-refractivity contribution in [1.29, 1.82) is 0 Å².